The Balaban J connectivity index is 2.60. The molecule has 17 heavy (non-hydrogen) atoms. The summed E-state index contributed by atoms with van der Waals surface area (Å²) in [7, 11) is 4.73. The van der Waals surface area contributed by atoms with Crippen molar-refractivity contribution < 1.29 is 14.2 Å². The number of halogens is 1. The van der Waals surface area contributed by atoms with Crippen molar-refractivity contribution in [3.8, 4) is 6.01 Å². The lowest BCUT2D eigenvalue weighted by atomic mass is 10.3. The molecule has 0 bridgehead atoms. The van der Waals surface area contributed by atoms with Crippen molar-refractivity contribution in [2.75, 3.05) is 39.8 Å². The lowest BCUT2D eigenvalue weighted by Crippen LogP contribution is -2.27. The number of nitrogens with one attached hydrogen (secondary N) is 1. The van der Waals surface area contributed by atoms with Crippen LogP contribution in [-0.4, -0.2) is 50.6 Å². The highest BCUT2D eigenvalue weighted by molar-refractivity contribution is 6.32. The molecule has 0 aliphatic carbocycles. The molecule has 0 aromatic carbocycles. The highest BCUT2D eigenvalue weighted by Crippen LogP contribution is 2.19. The van der Waals surface area contributed by atoms with Crippen LogP contribution in [0.15, 0.2) is 6.20 Å². The van der Waals surface area contributed by atoms with Crippen LogP contribution in [0.3, 0.4) is 0 Å². The van der Waals surface area contributed by atoms with Crippen LogP contribution in [-0.2, 0) is 9.47 Å². The van der Waals surface area contributed by atoms with E-state index in [1.165, 1.54) is 13.3 Å². The van der Waals surface area contributed by atoms with Crippen LogP contribution < -0.4 is 10.1 Å². The quantitative estimate of drug-likeness (QED) is 0.796. The van der Waals surface area contributed by atoms with Crippen LogP contribution in [0.5, 0.6) is 6.01 Å². The normalized spacial score (nSPS) is 12.2. The zero-order valence-corrected chi connectivity index (χ0v) is 10.8. The molecule has 1 aromatic heterocycles. The summed E-state index contributed by atoms with van der Waals surface area (Å²) in [6, 6.07) is 0.262. The van der Waals surface area contributed by atoms with E-state index < -0.39 is 0 Å². The average Bonchev–Trinajstić information content (AvgIpc) is 2.36. The molecule has 0 radical (unpaired) electrons. The van der Waals surface area contributed by atoms with Gasteiger partial charge in [0.1, 0.15) is 5.02 Å². The second-order valence-corrected chi connectivity index (χ2v) is 3.65. The molecule has 96 valence electrons. The van der Waals surface area contributed by atoms with Gasteiger partial charge < -0.3 is 19.5 Å². The average molecular weight is 262 g/mol. The first-order valence-electron chi connectivity index (χ1n) is 5.03. The van der Waals surface area contributed by atoms with Gasteiger partial charge in [0, 0.05) is 20.8 Å². The molecule has 0 aliphatic heterocycles. The molecule has 0 saturated carbocycles. The molecule has 7 heteroatoms. The Hall–Kier alpha value is -1.11. The van der Waals surface area contributed by atoms with Gasteiger partial charge in [-0.15, -0.1) is 0 Å². The molecule has 1 rings (SSSR count). The Morgan fingerprint density at radius 2 is 2.18 bits per heavy atom. The van der Waals surface area contributed by atoms with Crippen LogP contribution in [0.1, 0.15) is 0 Å². The van der Waals surface area contributed by atoms with Crippen molar-refractivity contribution in [1.82, 2.24) is 9.97 Å². The van der Waals surface area contributed by atoms with Crippen LogP contribution in [0, 0.1) is 0 Å². The van der Waals surface area contributed by atoms with Gasteiger partial charge in [-0.05, 0) is 0 Å². The predicted octanol–water partition coefficient (Wildman–Crippen LogP) is 1.21. The Morgan fingerprint density at radius 1 is 1.41 bits per heavy atom. The Morgan fingerprint density at radius 3 is 2.76 bits per heavy atom. The van der Waals surface area contributed by atoms with E-state index in [1.807, 2.05) is 0 Å². The molecular formula is C10H16ClN3O3. The van der Waals surface area contributed by atoms with E-state index >= 15 is 0 Å². The number of nitrogens with zero attached hydrogens (tertiary/aromatic N) is 2. The predicted molar refractivity (Wildman–Crippen MR) is 64.8 cm³/mol. The maximum Gasteiger partial charge on any atom is 0.318 e. The minimum atomic E-state index is -0.0722. The fourth-order valence-corrected chi connectivity index (χ4v) is 1.34. The fourth-order valence-electron chi connectivity index (χ4n) is 1.18. The minimum absolute atomic E-state index is 0.0722. The zero-order valence-electron chi connectivity index (χ0n) is 10.1. The first-order valence-corrected chi connectivity index (χ1v) is 5.41. The molecule has 1 N–H and O–H groups in total. The van der Waals surface area contributed by atoms with Crippen molar-refractivity contribution in [3.63, 3.8) is 0 Å². The number of methoxy groups -OCH3 is 3. The lowest BCUT2D eigenvalue weighted by molar-refractivity contribution is 0.0365. The van der Waals surface area contributed by atoms with Gasteiger partial charge in [-0.1, -0.05) is 11.6 Å². The van der Waals surface area contributed by atoms with E-state index in [0.717, 1.165) is 0 Å². The summed E-state index contributed by atoms with van der Waals surface area (Å²) in [5.41, 5.74) is 0. The summed E-state index contributed by atoms with van der Waals surface area (Å²) in [5, 5.41) is 3.48. The fraction of sp³-hybridized carbons (Fsp3) is 0.600. The Bertz CT molecular complexity index is 352. The van der Waals surface area contributed by atoms with Crippen molar-refractivity contribution in [2.45, 2.75) is 6.10 Å². The van der Waals surface area contributed by atoms with Gasteiger partial charge in [-0.3, -0.25) is 0 Å². The number of hydrogen-bond acceptors (Lipinski definition) is 6. The highest BCUT2D eigenvalue weighted by atomic mass is 35.5. The van der Waals surface area contributed by atoms with Crippen LogP contribution in [0.25, 0.3) is 0 Å². The summed E-state index contributed by atoms with van der Waals surface area (Å²) < 4.78 is 15.1. The molecule has 0 amide bonds. The van der Waals surface area contributed by atoms with E-state index in [9.17, 15) is 0 Å². The van der Waals surface area contributed by atoms with Gasteiger partial charge in [0.25, 0.3) is 0 Å². The van der Waals surface area contributed by atoms with E-state index in [1.54, 1.807) is 14.2 Å². The van der Waals surface area contributed by atoms with E-state index in [-0.39, 0.29) is 12.1 Å². The topological polar surface area (TPSA) is 65.5 Å². The smallest absolute Gasteiger partial charge is 0.318 e. The van der Waals surface area contributed by atoms with E-state index in [4.69, 9.17) is 25.8 Å². The summed E-state index contributed by atoms with van der Waals surface area (Å²) >= 11 is 5.94. The summed E-state index contributed by atoms with van der Waals surface area (Å²) in [6.07, 6.45) is 1.41. The molecule has 0 spiro atoms. The molecule has 6 nitrogen and oxygen atoms in total. The second kappa shape index (κ2) is 7.26. The molecule has 1 aromatic rings. The SMILES string of the molecule is COCC(CNc1nc(OC)ncc1Cl)OC. The van der Waals surface area contributed by atoms with Gasteiger partial charge in [-0.2, -0.15) is 4.98 Å². The molecule has 0 aliphatic rings. The first kappa shape index (κ1) is 14.0. The maximum atomic E-state index is 5.94. The largest absolute Gasteiger partial charge is 0.467 e. The molecular weight excluding hydrogens is 246 g/mol. The van der Waals surface area contributed by atoms with Crippen LogP contribution in [0.2, 0.25) is 5.02 Å². The van der Waals surface area contributed by atoms with Crippen molar-refractivity contribution in [3.05, 3.63) is 11.2 Å². The lowest BCUT2D eigenvalue weighted by Gasteiger charge is -2.15. The Kier molecular flexibility index (Phi) is 5.96. The third-order valence-corrected chi connectivity index (χ3v) is 2.36. The molecule has 1 atom stereocenters. The zero-order chi connectivity index (χ0) is 12.7. The molecule has 0 saturated heterocycles. The van der Waals surface area contributed by atoms with Crippen molar-refractivity contribution in [1.29, 1.82) is 0 Å². The van der Waals surface area contributed by atoms with Gasteiger partial charge in [-0.25, -0.2) is 4.98 Å². The van der Waals surface area contributed by atoms with E-state index in [2.05, 4.69) is 15.3 Å². The number of anilines is 1. The van der Waals surface area contributed by atoms with E-state index in [0.29, 0.717) is 24.0 Å². The van der Waals surface area contributed by atoms with Crippen molar-refractivity contribution in [2.24, 2.45) is 0 Å². The standard InChI is InChI=1S/C10H16ClN3O3/c1-15-6-7(16-2)4-12-9-8(11)5-13-10(14-9)17-3/h5,7H,4,6H2,1-3H3,(H,12,13,14). The third kappa shape index (κ3) is 4.33. The van der Waals surface area contributed by atoms with Gasteiger partial charge in [0.05, 0.1) is 26.0 Å². The molecule has 1 heterocycles. The summed E-state index contributed by atoms with van der Waals surface area (Å²) in [4.78, 5) is 7.96. The van der Waals surface area contributed by atoms with Gasteiger partial charge >= 0.3 is 6.01 Å². The van der Waals surface area contributed by atoms with Gasteiger partial charge in [0.15, 0.2) is 5.82 Å². The van der Waals surface area contributed by atoms with Crippen LogP contribution >= 0.6 is 11.6 Å². The minimum Gasteiger partial charge on any atom is -0.467 e. The number of hydrogen-bond donors (Lipinski definition) is 1. The molecule has 1 unspecified atom stereocenters. The first-order chi connectivity index (χ1) is 8.21. The molecule has 0 fully saturated rings. The third-order valence-electron chi connectivity index (χ3n) is 2.09. The summed E-state index contributed by atoms with van der Waals surface area (Å²) in [5.74, 6) is 0.511. The monoisotopic (exact) mass is 261 g/mol. The number of aromatic nitrogens is 2. The second-order valence-electron chi connectivity index (χ2n) is 3.25. The Labute approximate surface area is 105 Å². The number of rotatable bonds is 7. The van der Waals surface area contributed by atoms with Gasteiger partial charge in [0.2, 0.25) is 0 Å². The van der Waals surface area contributed by atoms with Crippen LogP contribution in [0.4, 0.5) is 5.82 Å². The highest BCUT2D eigenvalue weighted by Gasteiger charge is 2.10. The summed E-state index contributed by atoms with van der Waals surface area (Å²) in [6.45, 7) is 1.02. The number of ether oxygens (including phenoxy) is 3. The maximum absolute atomic E-state index is 5.94. The van der Waals surface area contributed by atoms with Crippen molar-refractivity contribution >= 4 is 17.4 Å².